The first-order valence-electron chi connectivity index (χ1n) is 9.28. The van der Waals surface area contributed by atoms with E-state index in [0.717, 1.165) is 45.3 Å². The van der Waals surface area contributed by atoms with E-state index in [9.17, 15) is 9.59 Å². The number of piperazine rings is 1. The van der Waals surface area contributed by atoms with Gasteiger partial charge in [0.1, 0.15) is 0 Å². The second-order valence-electron chi connectivity index (χ2n) is 7.44. The van der Waals surface area contributed by atoms with Gasteiger partial charge in [-0.25, -0.2) is 4.98 Å². The Labute approximate surface area is 177 Å². The quantitative estimate of drug-likeness (QED) is 0.740. The molecule has 1 saturated heterocycles. The minimum Gasteiger partial charge on any atom is -0.337 e. The van der Waals surface area contributed by atoms with E-state index < -0.39 is 0 Å². The fraction of sp³-hybridized carbons (Fsp3) is 0.722. The number of rotatable bonds is 5. The van der Waals surface area contributed by atoms with Crippen molar-refractivity contribution in [3.8, 4) is 0 Å². The van der Waals surface area contributed by atoms with Crippen molar-refractivity contribution in [2.75, 3.05) is 25.0 Å². The second kappa shape index (κ2) is 11.2. The van der Waals surface area contributed by atoms with Crippen molar-refractivity contribution in [1.29, 1.82) is 0 Å². The maximum Gasteiger partial charge on any atom is 0.226 e. The van der Waals surface area contributed by atoms with E-state index in [1.807, 2.05) is 10.3 Å². The average Bonchev–Trinajstić information content (AvgIpc) is 3.08. The molecular weight excluding hydrogens is 407 g/mol. The van der Waals surface area contributed by atoms with Crippen molar-refractivity contribution < 1.29 is 9.59 Å². The van der Waals surface area contributed by atoms with Crippen molar-refractivity contribution in [3.63, 3.8) is 0 Å². The Bertz CT molecular complexity index is 594. The maximum absolute atomic E-state index is 12.9. The predicted octanol–water partition coefficient (Wildman–Crippen LogP) is 3.48. The number of thiazole rings is 1. The molecule has 27 heavy (non-hydrogen) atoms. The summed E-state index contributed by atoms with van der Waals surface area (Å²) in [5.74, 6) is 0.191. The van der Waals surface area contributed by atoms with Gasteiger partial charge in [0.05, 0.1) is 0 Å². The van der Waals surface area contributed by atoms with Crippen LogP contribution in [-0.2, 0) is 9.59 Å². The van der Waals surface area contributed by atoms with E-state index in [1.54, 1.807) is 6.20 Å². The van der Waals surface area contributed by atoms with E-state index in [-0.39, 0.29) is 48.1 Å². The lowest BCUT2D eigenvalue weighted by Gasteiger charge is -2.40. The van der Waals surface area contributed by atoms with Crippen molar-refractivity contribution in [3.05, 3.63) is 11.6 Å². The van der Waals surface area contributed by atoms with Gasteiger partial charge in [-0.1, -0.05) is 19.3 Å². The molecule has 2 amide bonds. The Balaban J connectivity index is 0.00000182. The summed E-state index contributed by atoms with van der Waals surface area (Å²) >= 11 is 1.42. The third-order valence-corrected chi connectivity index (χ3v) is 6.16. The molecule has 1 saturated carbocycles. The van der Waals surface area contributed by atoms with Crippen LogP contribution in [0.3, 0.4) is 0 Å². The number of amides is 2. The highest BCUT2D eigenvalue weighted by molar-refractivity contribution is 7.13. The van der Waals surface area contributed by atoms with Crippen LogP contribution < -0.4 is 10.6 Å². The van der Waals surface area contributed by atoms with Gasteiger partial charge in [-0.3, -0.25) is 9.59 Å². The molecule has 1 aliphatic heterocycles. The number of anilines is 1. The number of carbonyl (C=O) groups excluding carboxylic acids is 2. The highest BCUT2D eigenvalue weighted by Crippen LogP contribution is 2.43. The summed E-state index contributed by atoms with van der Waals surface area (Å²) in [6.07, 6.45) is 7.93. The molecule has 2 aliphatic rings. The third-order valence-electron chi connectivity index (χ3n) is 5.48. The summed E-state index contributed by atoms with van der Waals surface area (Å²) in [5, 5.41) is 8.70. The van der Waals surface area contributed by atoms with Crippen molar-refractivity contribution in [2.24, 2.45) is 5.41 Å². The first-order valence-corrected chi connectivity index (χ1v) is 10.2. The van der Waals surface area contributed by atoms with Crippen LogP contribution in [0.2, 0.25) is 0 Å². The molecule has 154 valence electrons. The minimum absolute atomic E-state index is 0. The third kappa shape index (κ3) is 6.59. The van der Waals surface area contributed by atoms with Crippen molar-refractivity contribution in [2.45, 2.75) is 57.9 Å². The summed E-state index contributed by atoms with van der Waals surface area (Å²) in [6.45, 7) is 4.56. The summed E-state index contributed by atoms with van der Waals surface area (Å²) < 4.78 is 0. The number of hydrogen-bond acceptors (Lipinski definition) is 5. The van der Waals surface area contributed by atoms with Crippen LogP contribution in [-0.4, -0.2) is 47.4 Å². The molecule has 1 atom stereocenters. The highest BCUT2D eigenvalue weighted by atomic mass is 35.5. The second-order valence-corrected chi connectivity index (χ2v) is 8.33. The molecule has 1 aromatic rings. The standard InChI is InChI=1S/C18H28N4O2S.2ClH/c1-14-13-19-7-9-22(14)16(24)12-18(5-3-2-4-6-18)11-15(23)21-17-20-8-10-25-17;;/h8,10,14,19H,2-7,9,11-13H2,1H3,(H,20,21,23);2*1H/t14-;;/m1../s1. The molecule has 2 heterocycles. The van der Waals surface area contributed by atoms with Gasteiger partial charge >= 0.3 is 0 Å². The molecule has 9 heteroatoms. The summed E-state index contributed by atoms with van der Waals surface area (Å²) in [4.78, 5) is 31.6. The Morgan fingerprint density at radius 3 is 2.67 bits per heavy atom. The lowest BCUT2D eigenvalue weighted by atomic mass is 9.69. The molecule has 0 spiro atoms. The summed E-state index contributed by atoms with van der Waals surface area (Å²) in [7, 11) is 0. The van der Waals surface area contributed by atoms with Crippen LogP contribution in [0.25, 0.3) is 0 Å². The molecule has 1 aliphatic carbocycles. The van der Waals surface area contributed by atoms with Gasteiger partial charge in [0.15, 0.2) is 5.13 Å². The number of hydrogen-bond donors (Lipinski definition) is 2. The smallest absolute Gasteiger partial charge is 0.226 e. The molecular formula is C18H30Cl2N4O2S. The Kier molecular flexibility index (Phi) is 10.0. The van der Waals surface area contributed by atoms with Crippen LogP contribution in [0.1, 0.15) is 51.9 Å². The normalized spacial score (nSPS) is 21.5. The van der Waals surface area contributed by atoms with E-state index in [2.05, 4.69) is 22.5 Å². The highest BCUT2D eigenvalue weighted by Gasteiger charge is 2.38. The van der Waals surface area contributed by atoms with E-state index in [4.69, 9.17) is 0 Å². The molecule has 0 unspecified atom stereocenters. The number of nitrogens with one attached hydrogen (secondary N) is 2. The van der Waals surface area contributed by atoms with Gasteiger partial charge in [0.25, 0.3) is 0 Å². The van der Waals surface area contributed by atoms with E-state index in [0.29, 0.717) is 18.0 Å². The van der Waals surface area contributed by atoms with Crippen LogP contribution in [0.4, 0.5) is 5.13 Å². The molecule has 2 fully saturated rings. The SMILES string of the molecule is C[C@@H]1CNCCN1C(=O)CC1(CC(=O)Nc2nccs2)CCCCC1.Cl.Cl. The van der Waals surface area contributed by atoms with Gasteiger partial charge in [-0.15, -0.1) is 36.2 Å². The minimum atomic E-state index is -0.193. The molecule has 0 bridgehead atoms. The average molecular weight is 437 g/mol. The first-order chi connectivity index (χ1) is 12.1. The Hall–Kier alpha value is -0.890. The van der Waals surface area contributed by atoms with Gasteiger partial charge in [-0.2, -0.15) is 0 Å². The number of nitrogens with zero attached hydrogens (tertiary/aromatic N) is 2. The number of halogens is 2. The molecule has 6 nitrogen and oxygen atoms in total. The number of aromatic nitrogens is 1. The van der Waals surface area contributed by atoms with Gasteiger partial charge in [0, 0.05) is 50.1 Å². The maximum atomic E-state index is 12.9. The zero-order chi connectivity index (χ0) is 17.7. The first kappa shape index (κ1) is 24.1. The fourth-order valence-electron chi connectivity index (χ4n) is 4.14. The summed E-state index contributed by atoms with van der Waals surface area (Å²) in [6, 6.07) is 0.228. The fourth-order valence-corrected chi connectivity index (χ4v) is 4.69. The zero-order valence-electron chi connectivity index (χ0n) is 15.7. The Morgan fingerprint density at radius 1 is 1.30 bits per heavy atom. The molecule has 0 aromatic carbocycles. The summed E-state index contributed by atoms with van der Waals surface area (Å²) in [5.41, 5.74) is -0.193. The van der Waals surface area contributed by atoms with Crippen LogP contribution in [0.5, 0.6) is 0 Å². The molecule has 3 rings (SSSR count). The van der Waals surface area contributed by atoms with Gasteiger partial charge in [0.2, 0.25) is 11.8 Å². The molecule has 1 aromatic heterocycles. The molecule has 0 radical (unpaired) electrons. The van der Waals surface area contributed by atoms with Gasteiger partial charge in [-0.05, 0) is 25.2 Å². The predicted molar refractivity (Wildman–Crippen MR) is 114 cm³/mol. The lowest BCUT2D eigenvalue weighted by molar-refractivity contribution is -0.137. The van der Waals surface area contributed by atoms with Crippen LogP contribution >= 0.6 is 36.2 Å². The van der Waals surface area contributed by atoms with Crippen molar-refractivity contribution in [1.82, 2.24) is 15.2 Å². The van der Waals surface area contributed by atoms with Crippen LogP contribution in [0, 0.1) is 5.41 Å². The zero-order valence-corrected chi connectivity index (χ0v) is 18.2. The Morgan fingerprint density at radius 2 is 2.04 bits per heavy atom. The number of carbonyl (C=O) groups is 2. The van der Waals surface area contributed by atoms with Crippen molar-refractivity contribution >= 4 is 53.1 Å². The largest absolute Gasteiger partial charge is 0.337 e. The molecule has 2 N–H and O–H groups in total. The monoisotopic (exact) mass is 436 g/mol. The van der Waals surface area contributed by atoms with E-state index in [1.165, 1.54) is 17.8 Å². The van der Waals surface area contributed by atoms with Crippen LogP contribution in [0.15, 0.2) is 11.6 Å². The lowest BCUT2D eigenvalue weighted by Crippen LogP contribution is -2.53. The van der Waals surface area contributed by atoms with Gasteiger partial charge < -0.3 is 15.5 Å². The van der Waals surface area contributed by atoms with E-state index >= 15 is 0 Å². The topological polar surface area (TPSA) is 74.3 Å².